The molecule has 2 aromatic carbocycles. The second-order valence-corrected chi connectivity index (χ2v) is 5.08. The summed E-state index contributed by atoms with van der Waals surface area (Å²) in [5, 5.41) is 4.86. The van der Waals surface area contributed by atoms with E-state index in [9.17, 15) is 22.8 Å². The van der Waals surface area contributed by atoms with Gasteiger partial charge >= 0.3 is 0 Å². The minimum Gasteiger partial charge on any atom is -0.355 e. The molecule has 0 bridgehead atoms. The van der Waals surface area contributed by atoms with Gasteiger partial charge in [0.2, 0.25) is 11.8 Å². The molecule has 0 fully saturated rings. The highest BCUT2D eigenvalue weighted by Crippen LogP contribution is 2.13. The van der Waals surface area contributed by atoms with E-state index in [0.717, 1.165) is 17.7 Å². The highest BCUT2D eigenvalue weighted by atomic mass is 19.2. The molecule has 0 atom stereocenters. The van der Waals surface area contributed by atoms with Gasteiger partial charge in [0, 0.05) is 18.3 Å². The molecule has 0 saturated heterocycles. The summed E-state index contributed by atoms with van der Waals surface area (Å²) in [5.74, 6) is -3.59. The van der Waals surface area contributed by atoms with Crippen LogP contribution < -0.4 is 10.6 Å². The lowest BCUT2D eigenvalue weighted by Crippen LogP contribution is -2.29. The summed E-state index contributed by atoms with van der Waals surface area (Å²) in [7, 11) is 0. The minimum atomic E-state index is -1.09. The van der Waals surface area contributed by atoms with Crippen molar-refractivity contribution in [3.05, 3.63) is 65.5 Å². The van der Waals surface area contributed by atoms with Crippen LogP contribution >= 0.6 is 0 Å². The quantitative estimate of drug-likeness (QED) is 0.797. The van der Waals surface area contributed by atoms with Crippen LogP contribution in [0.2, 0.25) is 0 Å². The van der Waals surface area contributed by atoms with E-state index in [-0.39, 0.29) is 11.5 Å². The first-order chi connectivity index (χ1) is 11.4. The Labute approximate surface area is 136 Å². The lowest BCUT2D eigenvalue weighted by atomic mass is 10.1. The largest absolute Gasteiger partial charge is 0.355 e. The molecule has 0 unspecified atom stereocenters. The number of anilines is 1. The van der Waals surface area contributed by atoms with Gasteiger partial charge in [-0.25, -0.2) is 13.2 Å². The van der Waals surface area contributed by atoms with Crippen LogP contribution in [0.1, 0.15) is 12.0 Å². The molecule has 7 heteroatoms. The summed E-state index contributed by atoms with van der Waals surface area (Å²) < 4.78 is 38.5. The summed E-state index contributed by atoms with van der Waals surface area (Å²) in [6, 6.07) is 8.78. The van der Waals surface area contributed by atoms with Crippen LogP contribution in [-0.4, -0.2) is 18.4 Å². The Balaban J connectivity index is 1.74. The fraction of sp³-hybridized carbons (Fsp3) is 0.176. The zero-order valence-corrected chi connectivity index (χ0v) is 12.6. The topological polar surface area (TPSA) is 58.2 Å². The number of amides is 2. The van der Waals surface area contributed by atoms with Crippen LogP contribution in [0.15, 0.2) is 42.5 Å². The van der Waals surface area contributed by atoms with Gasteiger partial charge in [-0.05, 0) is 36.2 Å². The van der Waals surface area contributed by atoms with Crippen molar-refractivity contribution in [2.24, 2.45) is 0 Å². The number of benzene rings is 2. The first-order valence-electron chi connectivity index (χ1n) is 7.20. The number of carbonyl (C=O) groups excluding carboxylic acids is 2. The van der Waals surface area contributed by atoms with E-state index in [0.29, 0.717) is 13.0 Å². The van der Waals surface area contributed by atoms with Crippen molar-refractivity contribution < 1.29 is 22.8 Å². The Morgan fingerprint density at radius 3 is 2.25 bits per heavy atom. The Kier molecular flexibility index (Phi) is 5.95. The van der Waals surface area contributed by atoms with E-state index < -0.39 is 29.9 Å². The van der Waals surface area contributed by atoms with Gasteiger partial charge in [0.1, 0.15) is 12.2 Å². The number of hydrogen-bond donors (Lipinski definition) is 2. The number of halogens is 3. The zero-order chi connectivity index (χ0) is 17.5. The van der Waals surface area contributed by atoms with Gasteiger partial charge in [-0.15, -0.1) is 0 Å². The van der Waals surface area contributed by atoms with Crippen molar-refractivity contribution in [3.8, 4) is 0 Å². The highest BCUT2D eigenvalue weighted by molar-refractivity contribution is 6.03. The van der Waals surface area contributed by atoms with Crippen molar-refractivity contribution in [3.63, 3.8) is 0 Å². The fourth-order valence-electron chi connectivity index (χ4n) is 1.98. The fourth-order valence-corrected chi connectivity index (χ4v) is 1.98. The van der Waals surface area contributed by atoms with Crippen molar-refractivity contribution in [1.29, 1.82) is 0 Å². The predicted molar refractivity (Wildman–Crippen MR) is 82.7 cm³/mol. The zero-order valence-electron chi connectivity index (χ0n) is 12.6. The van der Waals surface area contributed by atoms with Crippen LogP contribution in [-0.2, 0) is 16.0 Å². The lowest BCUT2D eigenvalue weighted by molar-refractivity contribution is -0.126. The van der Waals surface area contributed by atoms with E-state index >= 15 is 0 Å². The number of carbonyl (C=O) groups is 2. The molecule has 24 heavy (non-hydrogen) atoms. The molecule has 2 N–H and O–H groups in total. The third-order valence-corrected chi connectivity index (χ3v) is 3.17. The molecule has 0 heterocycles. The first kappa shape index (κ1) is 17.5. The van der Waals surface area contributed by atoms with Crippen LogP contribution in [0.5, 0.6) is 0 Å². The summed E-state index contributed by atoms with van der Waals surface area (Å²) >= 11 is 0. The maximum absolute atomic E-state index is 13.0. The van der Waals surface area contributed by atoms with E-state index in [1.165, 1.54) is 18.2 Å². The van der Waals surface area contributed by atoms with Gasteiger partial charge in [0.15, 0.2) is 11.6 Å². The average Bonchev–Trinajstić information content (AvgIpc) is 2.53. The molecule has 0 spiro atoms. The maximum Gasteiger partial charge on any atom is 0.233 e. The van der Waals surface area contributed by atoms with Crippen LogP contribution in [0.25, 0.3) is 0 Å². The van der Waals surface area contributed by atoms with Crippen molar-refractivity contribution in [1.82, 2.24) is 5.32 Å². The van der Waals surface area contributed by atoms with Gasteiger partial charge in [-0.3, -0.25) is 9.59 Å². The lowest BCUT2D eigenvalue weighted by Gasteiger charge is -2.07. The third kappa shape index (κ3) is 5.42. The monoisotopic (exact) mass is 336 g/mol. The van der Waals surface area contributed by atoms with Crippen LogP contribution in [0, 0.1) is 17.5 Å². The summed E-state index contributed by atoms with van der Waals surface area (Å²) in [6.45, 7) is 0.295. The predicted octanol–water partition coefficient (Wildman–Crippen LogP) is 2.79. The summed E-state index contributed by atoms with van der Waals surface area (Å²) in [5.41, 5.74) is 0.918. The average molecular weight is 336 g/mol. The Morgan fingerprint density at radius 1 is 0.875 bits per heavy atom. The van der Waals surface area contributed by atoms with Gasteiger partial charge < -0.3 is 10.6 Å². The molecule has 0 aliphatic carbocycles. The highest BCUT2D eigenvalue weighted by Gasteiger charge is 2.10. The molecular weight excluding hydrogens is 321 g/mol. The Bertz CT molecular complexity index is 733. The van der Waals surface area contributed by atoms with Gasteiger partial charge in [-0.1, -0.05) is 12.1 Å². The summed E-state index contributed by atoms with van der Waals surface area (Å²) in [4.78, 5) is 23.3. The standard InChI is InChI=1S/C17H15F3N2O2/c18-12-3-1-11(2-4-12)7-8-21-16(23)10-17(24)22-13-5-6-14(19)15(20)9-13/h1-6,9H,7-8,10H2,(H,21,23)(H,22,24). The summed E-state index contributed by atoms with van der Waals surface area (Å²) in [6.07, 6.45) is 0.0548. The molecule has 2 amide bonds. The van der Waals surface area contributed by atoms with Crippen molar-refractivity contribution in [2.45, 2.75) is 12.8 Å². The van der Waals surface area contributed by atoms with Gasteiger partial charge in [0.05, 0.1) is 0 Å². The maximum atomic E-state index is 13.0. The molecule has 0 radical (unpaired) electrons. The molecule has 126 valence electrons. The Hall–Kier alpha value is -2.83. The second-order valence-electron chi connectivity index (χ2n) is 5.08. The molecule has 0 aliphatic rings. The number of nitrogens with one attached hydrogen (secondary N) is 2. The van der Waals surface area contributed by atoms with E-state index in [2.05, 4.69) is 10.6 Å². The van der Waals surface area contributed by atoms with E-state index in [4.69, 9.17) is 0 Å². The molecule has 0 saturated carbocycles. The number of hydrogen-bond acceptors (Lipinski definition) is 2. The number of rotatable bonds is 6. The van der Waals surface area contributed by atoms with E-state index in [1.54, 1.807) is 12.1 Å². The van der Waals surface area contributed by atoms with Crippen LogP contribution in [0.3, 0.4) is 0 Å². The molecule has 0 aliphatic heterocycles. The SMILES string of the molecule is O=C(CC(=O)Nc1ccc(F)c(F)c1)NCCc1ccc(F)cc1. The van der Waals surface area contributed by atoms with Crippen LogP contribution in [0.4, 0.5) is 18.9 Å². The molecule has 4 nitrogen and oxygen atoms in total. The molecule has 2 rings (SSSR count). The van der Waals surface area contributed by atoms with Crippen molar-refractivity contribution >= 4 is 17.5 Å². The Morgan fingerprint density at radius 2 is 1.58 bits per heavy atom. The molecular formula is C17H15F3N2O2. The first-order valence-corrected chi connectivity index (χ1v) is 7.20. The smallest absolute Gasteiger partial charge is 0.233 e. The normalized spacial score (nSPS) is 10.3. The third-order valence-electron chi connectivity index (χ3n) is 3.17. The second kappa shape index (κ2) is 8.14. The minimum absolute atomic E-state index is 0.0676. The molecule has 2 aromatic rings. The van der Waals surface area contributed by atoms with Gasteiger partial charge in [0.25, 0.3) is 0 Å². The van der Waals surface area contributed by atoms with Crippen molar-refractivity contribution in [2.75, 3.05) is 11.9 Å². The van der Waals surface area contributed by atoms with Gasteiger partial charge in [-0.2, -0.15) is 0 Å². The van der Waals surface area contributed by atoms with E-state index in [1.807, 2.05) is 0 Å². The molecule has 0 aromatic heterocycles.